The van der Waals surface area contributed by atoms with Crippen LogP contribution < -0.4 is 4.90 Å². The van der Waals surface area contributed by atoms with Crippen LogP contribution in [0.5, 0.6) is 0 Å². The van der Waals surface area contributed by atoms with E-state index in [9.17, 15) is 0 Å². The molecule has 3 rings (SSSR count). The SMILES string of the molecule is C[C@@H]1CC(C)(C)CN(C)CCC1c1cc(I)nc(N2CCOCC(C)(C)C2)n1. The first-order chi connectivity index (χ1) is 13.0. The van der Waals surface area contributed by atoms with Crippen molar-refractivity contribution in [2.75, 3.05) is 51.3 Å². The van der Waals surface area contributed by atoms with E-state index in [-0.39, 0.29) is 5.41 Å². The Labute approximate surface area is 184 Å². The lowest BCUT2D eigenvalue weighted by atomic mass is 9.74. The quantitative estimate of drug-likeness (QED) is 0.445. The molecule has 28 heavy (non-hydrogen) atoms. The monoisotopic (exact) mass is 500 g/mol. The van der Waals surface area contributed by atoms with E-state index in [0.717, 1.165) is 48.9 Å². The van der Waals surface area contributed by atoms with Gasteiger partial charge in [-0.3, -0.25) is 0 Å². The molecule has 0 spiro atoms. The molecule has 0 aromatic carbocycles. The Kier molecular flexibility index (Phi) is 6.92. The van der Waals surface area contributed by atoms with Crippen molar-refractivity contribution in [3.8, 4) is 0 Å². The van der Waals surface area contributed by atoms with Gasteiger partial charge in [-0.2, -0.15) is 0 Å². The largest absolute Gasteiger partial charge is 0.379 e. The molecular formula is C22H37IN4O. The summed E-state index contributed by atoms with van der Waals surface area (Å²) in [6, 6.07) is 2.21. The molecule has 0 aliphatic carbocycles. The number of nitrogens with zero attached hydrogens (tertiary/aromatic N) is 4. The van der Waals surface area contributed by atoms with E-state index < -0.39 is 0 Å². The minimum absolute atomic E-state index is 0.113. The smallest absolute Gasteiger partial charge is 0.226 e. The molecule has 2 aliphatic heterocycles. The number of rotatable bonds is 2. The van der Waals surface area contributed by atoms with Gasteiger partial charge in [-0.1, -0.05) is 34.6 Å². The molecule has 0 saturated carbocycles. The van der Waals surface area contributed by atoms with Crippen molar-refractivity contribution in [3.63, 3.8) is 0 Å². The van der Waals surface area contributed by atoms with Gasteiger partial charge in [0.05, 0.1) is 18.9 Å². The highest BCUT2D eigenvalue weighted by Crippen LogP contribution is 2.39. The third-order valence-electron chi connectivity index (χ3n) is 6.06. The number of likely N-dealkylation sites (tertiary alicyclic amines) is 1. The molecule has 0 radical (unpaired) electrons. The van der Waals surface area contributed by atoms with Crippen molar-refractivity contribution < 1.29 is 4.74 Å². The van der Waals surface area contributed by atoms with Gasteiger partial charge in [0.1, 0.15) is 3.70 Å². The average molecular weight is 500 g/mol. The standard InChI is InChI=1S/C22H37IN4O/c1-16-12-21(2,3)13-26(6)8-7-17(16)18-11-19(23)25-20(24-18)27-9-10-28-15-22(4,5)14-27/h11,16-17H,7-10,12-15H2,1-6H3/t16-,17?/m1/s1. The lowest BCUT2D eigenvalue weighted by Crippen LogP contribution is -2.38. The molecule has 6 heteroatoms. The normalized spacial score (nSPS) is 29.0. The highest BCUT2D eigenvalue weighted by molar-refractivity contribution is 14.1. The minimum atomic E-state index is 0.113. The summed E-state index contributed by atoms with van der Waals surface area (Å²) >= 11 is 2.36. The predicted molar refractivity (Wildman–Crippen MR) is 124 cm³/mol. The summed E-state index contributed by atoms with van der Waals surface area (Å²) in [4.78, 5) is 14.7. The van der Waals surface area contributed by atoms with Crippen LogP contribution in [0.25, 0.3) is 0 Å². The molecular weight excluding hydrogens is 463 g/mol. The second-order valence-electron chi connectivity index (χ2n) is 10.5. The topological polar surface area (TPSA) is 41.5 Å². The molecule has 0 N–H and O–H groups in total. The predicted octanol–water partition coefficient (Wildman–Crippen LogP) is 4.42. The molecule has 2 aliphatic rings. The molecule has 2 saturated heterocycles. The van der Waals surface area contributed by atoms with E-state index in [1.165, 1.54) is 18.7 Å². The van der Waals surface area contributed by atoms with Gasteiger partial charge in [0.2, 0.25) is 5.95 Å². The van der Waals surface area contributed by atoms with E-state index >= 15 is 0 Å². The summed E-state index contributed by atoms with van der Waals surface area (Å²) in [6.45, 7) is 17.3. The maximum absolute atomic E-state index is 5.82. The molecule has 2 atom stereocenters. The van der Waals surface area contributed by atoms with E-state index in [0.29, 0.717) is 17.3 Å². The van der Waals surface area contributed by atoms with Crippen LogP contribution in [-0.4, -0.2) is 61.3 Å². The molecule has 158 valence electrons. The van der Waals surface area contributed by atoms with E-state index in [2.05, 4.69) is 80.1 Å². The van der Waals surface area contributed by atoms with Crippen molar-refractivity contribution >= 4 is 28.5 Å². The second-order valence-corrected chi connectivity index (χ2v) is 11.6. The van der Waals surface area contributed by atoms with Gasteiger partial charge < -0.3 is 14.5 Å². The number of anilines is 1. The minimum Gasteiger partial charge on any atom is -0.379 e. The van der Waals surface area contributed by atoms with Crippen LogP contribution in [0, 0.1) is 20.4 Å². The van der Waals surface area contributed by atoms with Gasteiger partial charge in [0.15, 0.2) is 0 Å². The Morgan fingerprint density at radius 3 is 2.61 bits per heavy atom. The maximum Gasteiger partial charge on any atom is 0.226 e. The van der Waals surface area contributed by atoms with Gasteiger partial charge in [0, 0.05) is 31.0 Å². The molecule has 3 heterocycles. The van der Waals surface area contributed by atoms with Crippen LogP contribution in [-0.2, 0) is 4.74 Å². The van der Waals surface area contributed by atoms with Crippen LogP contribution in [0.3, 0.4) is 0 Å². The number of aromatic nitrogens is 2. The number of hydrogen-bond donors (Lipinski definition) is 0. The Hall–Kier alpha value is -0.470. The zero-order chi connectivity index (χ0) is 20.5. The molecule has 1 aromatic rings. The van der Waals surface area contributed by atoms with Crippen molar-refractivity contribution in [2.45, 2.75) is 53.4 Å². The lowest BCUT2D eigenvalue weighted by molar-refractivity contribution is 0.0893. The third kappa shape index (κ3) is 5.79. The van der Waals surface area contributed by atoms with E-state index in [1.807, 2.05) is 0 Å². The van der Waals surface area contributed by atoms with Gasteiger partial charge in [-0.05, 0) is 66.4 Å². The first-order valence-corrected chi connectivity index (χ1v) is 11.7. The summed E-state index contributed by atoms with van der Waals surface area (Å²) in [6.07, 6.45) is 2.39. The average Bonchev–Trinajstić information content (AvgIpc) is 2.73. The number of hydrogen-bond acceptors (Lipinski definition) is 5. The zero-order valence-electron chi connectivity index (χ0n) is 18.5. The van der Waals surface area contributed by atoms with Crippen molar-refractivity contribution in [2.24, 2.45) is 16.7 Å². The van der Waals surface area contributed by atoms with Crippen molar-refractivity contribution in [1.82, 2.24) is 14.9 Å². The summed E-state index contributed by atoms with van der Waals surface area (Å²) in [5.41, 5.74) is 1.67. The van der Waals surface area contributed by atoms with Gasteiger partial charge in [-0.25, -0.2) is 9.97 Å². The summed E-state index contributed by atoms with van der Waals surface area (Å²) < 4.78 is 6.86. The Balaban J connectivity index is 1.89. The maximum atomic E-state index is 5.82. The fraction of sp³-hybridized carbons (Fsp3) is 0.818. The fourth-order valence-corrected chi connectivity index (χ4v) is 5.60. The van der Waals surface area contributed by atoms with Crippen molar-refractivity contribution in [1.29, 1.82) is 0 Å². The van der Waals surface area contributed by atoms with Crippen LogP contribution in [0.4, 0.5) is 5.95 Å². The first-order valence-electron chi connectivity index (χ1n) is 10.6. The second kappa shape index (κ2) is 8.72. The summed E-state index contributed by atoms with van der Waals surface area (Å²) in [7, 11) is 2.25. The molecule has 2 fully saturated rings. The Morgan fingerprint density at radius 1 is 1.11 bits per heavy atom. The molecule has 1 aromatic heterocycles. The summed E-state index contributed by atoms with van der Waals surface area (Å²) in [5.74, 6) is 1.97. The van der Waals surface area contributed by atoms with Crippen LogP contribution in [0.15, 0.2) is 6.07 Å². The first kappa shape index (κ1) is 22.2. The Bertz CT molecular complexity index is 679. The van der Waals surface area contributed by atoms with E-state index in [1.54, 1.807) is 0 Å². The van der Waals surface area contributed by atoms with Gasteiger partial charge >= 0.3 is 0 Å². The fourth-order valence-electron chi connectivity index (χ4n) is 5.06. The van der Waals surface area contributed by atoms with Crippen LogP contribution in [0.1, 0.15) is 59.1 Å². The molecule has 0 bridgehead atoms. The number of halogens is 1. The molecule has 5 nitrogen and oxygen atoms in total. The van der Waals surface area contributed by atoms with E-state index in [4.69, 9.17) is 14.7 Å². The zero-order valence-corrected chi connectivity index (χ0v) is 20.6. The van der Waals surface area contributed by atoms with Crippen molar-refractivity contribution in [3.05, 3.63) is 15.5 Å². The highest BCUT2D eigenvalue weighted by atomic mass is 127. The van der Waals surface area contributed by atoms with Gasteiger partial charge in [-0.15, -0.1) is 0 Å². The van der Waals surface area contributed by atoms with Gasteiger partial charge in [0.25, 0.3) is 0 Å². The van der Waals surface area contributed by atoms with Crippen LogP contribution in [0.2, 0.25) is 0 Å². The van der Waals surface area contributed by atoms with Crippen LogP contribution >= 0.6 is 22.6 Å². The number of ether oxygens (including phenoxy) is 1. The highest BCUT2D eigenvalue weighted by Gasteiger charge is 2.33. The Morgan fingerprint density at radius 2 is 1.86 bits per heavy atom. The molecule has 0 amide bonds. The summed E-state index contributed by atoms with van der Waals surface area (Å²) in [5, 5.41) is 0. The lowest BCUT2D eigenvalue weighted by Gasteiger charge is -2.39. The molecule has 1 unspecified atom stereocenters. The third-order valence-corrected chi connectivity index (χ3v) is 6.62.